The predicted molar refractivity (Wildman–Crippen MR) is 64.2 cm³/mol. The van der Waals surface area contributed by atoms with Gasteiger partial charge in [0, 0.05) is 13.7 Å². The number of nitrogens with zero attached hydrogens (tertiary/aromatic N) is 2. The number of hydrogen-bond acceptors (Lipinski definition) is 3. The first-order chi connectivity index (χ1) is 7.74. The van der Waals surface area contributed by atoms with Crippen LogP contribution in [0.15, 0.2) is 24.3 Å². The first-order valence-electron chi connectivity index (χ1n) is 5.43. The second kappa shape index (κ2) is 4.63. The third kappa shape index (κ3) is 1.94. The Labute approximate surface area is 95.0 Å². The number of nitrogens with two attached hydrogens (primary N) is 1. The van der Waals surface area contributed by atoms with Crippen LogP contribution in [-0.4, -0.2) is 23.3 Å². The van der Waals surface area contributed by atoms with Crippen LogP contribution in [0.25, 0.3) is 11.0 Å². The summed E-state index contributed by atoms with van der Waals surface area (Å²) >= 11 is 0. The summed E-state index contributed by atoms with van der Waals surface area (Å²) in [6, 6.07) is 8.00. The van der Waals surface area contributed by atoms with E-state index >= 15 is 0 Å². The molecule has 0 amide bonds. The third-order valence-corrected chi connectivity index (χ3v) is 2.61. The lowest BCUT2D eigenvalue weighted by Crippen LogP contribution is -2.15. The van der Waals surface area contributed by atoms with Crippen LogP contribution in [0.1, 0.15) is 18.8 Å². The molecule has 1 heterocycles. The highest BCUT2D eigenvalue weighted by Gasteiger charge is 2.12. The number of imidazole rings is 1. The molecule has 4 heteroatoms. The van der Waals surface area contributed by atoms with Gasteiger partial charge in [0.15, 0.2) is 0 Å². The smallest absolute Gasteiger partial charge is 0.126 e. The molecule has 86 valence electrons. The van der Waals surface area contributed by atoms with Gasteiger partial charge in [-0.2, -0.15) is 0 Å². The van der Waals surface area contributed by atoms with Crippen molar-refractivity contribution in [3.8, 4) is 0 Å². The molecule has 0 radical (unpaired) electrons. The molecule has 0 spiro atoms. The van der Waals surface area contributed by atoms with Crippen molar-refractivity contribution in [3.63, 3.8) is 0 Å². The Morgan fingerprint density at radius 2 is 2.19 bits per heavy atom. The molecule has 2 rings (SSSR count). The van der Waals surface area contributed by atoms with E-state index in [1.807, 2.05) is 25.1 Å². The lowest BCUT2D eigenvalue weighted by Gasteiger charge is -2.10. The SMILES string of the molecule is COCCn1c(C(C)N)nc2ccccc21. The van der Waals surface area contributed by atoms with Gasteiger partial charge >= 0.3 is 0 Å². The number of fused-ring (bicyclic) bond motifs is 1. The fraction of sp³-hybridized carbons (Fsp3) is 0.417. The minimum Gasteiger partial charge on any atom is -0.383 e. The van der Waals surface area contributed by atoms with Crippen LogP contribution in [0.2, 0.25) is 0 Å². The number of benzene rings is 1. The Bertz CT molecular complexity index is 476. The van der Waals surface area contributed by atoms with Gasteiger partial charge in [-0.1, -0.05) is 12.1 Å². The van der Waals surface area contributed by atoms with Crippen LogP contribution in [-0.2, 0) is 11.3 Å². The number of rotatable bonds is 4. The molecular weight excluding hydrogens is 202 g/mol. The van der Waals surface area contributed by atoms with E-state index in [2.05, 4.69) is 15.6 Å². The average molecular weight is 219 g/mol. The molecule has 0 saturated carbocycles. The fourth-order valence-electron chi connectivity index (χ4n) is 1.86. The zero-order chi connectivity index (χ0) is 11.5. The van der Waals surface area contributed by atoms with Crippen molar-refractivity contribution in [3.05, 3.63) is 30.1 Å². The first kappa shape index (κ1) is 11.1. The molecule has 0 fully saturated rings. The normalized spacial score (nSPS) is 13.2. The lowest BCUT2D eigenvalue weighted by molar-refractivity contribution is 0.187. The molecule has 1 aromatic heterocycles. The maximum Gasteiger partial charge on any atom is 0.126 e. The third-order valence-electron chi connectivity index (χ3n) is 2.61. The van der Waals surface area contributed by atoms with Crippen molar-refractivity contribution in [2.75, 3.05) is 13.7 Å². The highest BCUT2D eigenvalue weighted by molar-refractivity contribution is 5.76. The molecule has 0 aliphatic heterocycles. The van der Waals surface area contributed by atoms with Crippen molar-refractivity contribution in [2.45, 2.75) is 19.5 Å². The number of aromatic nitrogens is 2. The quantitative estimate of drug-likeness (QED) is 0.851. The zero-order valence-electron chi connectivity index (χ0n) is 9.68. The second-order valence-electron chi connectivity index (χ2n) is 3.89. The van der Waals surface area contributed by atoms with Crippen molar-refractivity contribution in [2.24, 2.45) is 5.73 Å². The Morgan fingerprint density at radius 3 is 2.88 bits per heavy atom. The van der Waals surface area contributed by atoms with Crippen LogP contribution >= 0.6 is 0 Å². The van der Waals surface area contributed by atoms with Crippen LogP contribution in [0.4, 0.5) is 0 Å². The Morgan fingerprint density at radius 1 is 1.44 bits per heavy atom. The summed E-state index contributed by atoms with van der Waals surface area (Å²) in [5, 5.41) is 0. The summed E-state index contributed by atoms with van der Waals surface area (Å²) in [7, 11) is 1.70. The van der Waals surface area contributed by atoms with Gasteiger partial charge in [0.05, 0.1) is 23.7 Å². The molecule has 2 aromatic rings. The van der Waals surface area contributed by atoms with E-state index in [1.165, 1.54) is 0 Å². The molecule has 1 aromatic carbocycles. The monoisotopic (exact) mass is 219 g/mol. The molecule has 1 unspecified atom stereocenters. The van der Waals surface area contributed by atoms with E-state index in [9.17, 15) is 0 Å². The number of hydrogen-bond donors (Lipinski definition) is 1. The van der Waals surface area contributed by atoms with Crippen LogP contribution < -0.4 is 5.73 Å². The van der Waals surface area contributed by atoms with Gasteiger partial charge in [-0.25, -0.2) is 4.98 Å². The average Bonchev–Trinajstić information content (AvgIpc) is 2.65. The van der Waals surface area contributed by atoms with E-state index in [0.717, 1.165) is 23.4 Å². The van der Waals surface area contributed by atoms with Crippen molar-refractivity contribution in [1.29, 1.82) is 0 Å². The van der Waals surface area contributed by atoms with Gasteiger partial charge in [-0.15, -0.1) is 0 Å². The summed E-state index contributed by atoms with van der Waals surface area (Å²) in [6.07, 6.45) is 0. The molecule has 2 N–H and O–H groups in total. The maximum atomic E-state index is 5.93. The lowest BCUT2D eigenvalue weighted by atomic mass is 10.3. The van der Waals surface area contributed by atoms with Crippen molar-refractivity contribution >= 4 is 11.0 Å². The van der Waals surface area contributed by atoms with Crippen LogP contribution in [0.3, 0.4) is 0 Å². The molecule has 16 heavy (non-hydrogen) atoms. The summed E-state index contributed by atoms with van der Waals surface area (Å²) in [6.45, 7) is 3.40. The summed E-state index contributed by atoms with van der Waals surface area (Å²) in [5.41, 5.74) is 8.03. The van der Waals surface area contributed by atoms with Gasteiger partial charge in [0.25, 0.3) is 0 Å². The van der Waals surface area contributed by atoms with Crippen LogP contribution in [0, 0.1) is 0 Å². The van der Waals surface area contributed by atoms with E-state index in [4.69, 9.17) is 10.5 Å². The van der Waals surface area contributed by atoms with E-state index < -0.39 is 0 Å². The van der Waals surface area contributed by atoms with Crippen LogP contribution in [0.5, 0.6) is 0 Å². The highest BCUT2D eigenvalue weighted by atomic mass is 16.5. The number of ether oxygens (including phenoxy) is 1. The Hall–Kier alpha value is -1.39. The molecule has 1 atom stereocenters. The summed E-state index contributed by atoms with van der Waals surface area (Å²) in [4.78, 5) is 4.55. The molecule has 0 saturated heterocycles. The number of methoxy groups -OCH3 is 1. The molecule has 0 aliphatic carbocycles. The van der Waals surface area contributed by atoms with E-state index in [1.54, 1.807) is 7.11 Å². The minimum absolute atomic E-state index is 0.0655. The number of para-hydroxylation sites is 2. The molecule has 0 bridgehead atoms. The molecular formula is C12H17N3O. The largest absolute Gasteiger partial charge is 0.383 e. The predicted octanol–water partition coefficient (Wildman–Crippen LogP) is 1.70. The standard InChI is InChI=1S/C12H17N3O/c1-9(13)12-14-10-5-3-4-6-11(10)15(12)7-8-16-2/h3-6,9H,7-8,13H2,1-2H3. The van der Waals surface area contributed by atoms with E-state index in [-0.39, 0.29) is 6.04 Å². The Balaban J connectivity index is 2.51. The van der Waals surface area contributed by atoms with Gasteiger partial charge in [0.2, 0.25) is 0 Å². The van der Waals surface area contributed by atoms with Gasteiger partial charge in [-0.05, 0) is 19.1 Å². The van der Waals surface area contributed by atoms with Gasteiger partial charge in [0.1, 0.15) is 5.82 Å². The fourth-order valence-corrected chi connectivity index (χ4v) is 1.86. The second-order valence-corrected chi connectivity index (χ2v) is 3.89. The summed E-state index contributed by atoms with van der Waals surface area (Å²) in [5.74, 6) is 0.915. The van der Waals surface area contributed by atoms with Gasteiger partial charge in [-0.3, -0.25) is 0 Å². The Kier molecular flexibility index (Phi) is 3.22. The summed E-state index contributed by atoms with van der Waals surface area (Å²) < 4.78 is 7.24. The minimum atomic E-state index is -0.0655. The van der Waals surface area contributed by atoms with E-state index in [0.29, 0.717) is 6.61 Å². The maximum absolute atomic E-state index is 5.93. The first-order valence-corrected chi connectivity index (χ1v) is 5.43. The zero-order valence-corrected chi connectivity index (χ0v) is 9.68. The highest BCUT2D eigenvalue weighted by Crippen LogP contribution is 2.19. The van der Waals surface area contributed by atoms with Gasteiger partial charge < -0.3 is 15.0 Å². The molecule has 4 nitrogen and oxygen atoms in total. The van der Waals surface area contributed by atoms with Crippen molar-refractivity contribution < 1.29 is 4.74 Å². The topological polar surface area (TPSA) is 53.1 Å². The molecule has 0 aliphatic rings. The van der Waals surface area contributed by atoms with Crippen molar-refractivity contribution in [1.82, 2.24) is 9.55 Å².